The van der Waals surface area contributed by atoms with Gasteiger partial charge in [-0.15, -0.1) is 5.73 Å². The van der Waals surface area contributed by atoms with E-state index >= 15 is 0 Å². The summed E-state index contributed by atoms with van der Waals surface area (Å²) in [6.07, 6.45) is 4.74. The lowest BCUT2D eigenvalue weighted by Gasteiger charge is -2.28. The Morgan fingerprint density at radius 3 is 2.14 bits per heavy atom. The molecule has 0 bridgehead atoms. The van der Waals surface area contributed by atoms with Gasteiger partial charge in [0.25, 0.3) is 0 Å². The van der Waals surface area contributed by atoms with E-state index in [4.69, 9.17) is 0 Å². The Hall–Kier alpha value is -0.480. The predicted octanol–water partition coefficient (Wildman–Crippen LogP) is 4.67. The molecule has 82 valence electrons. The van der Waals surface area contributed by atoms with E-state index in [-0.39, 0.29) is 0 Å². The summed E-state index contributed by atoms with van der Waals surface area (Å²) >= 11 is 0. The van der Waals surface area contributed by atoms with Crippen LogP contribution in [0, 0.1) is 23.7 Å². The summed E-state index contributed by atoms with van der Waals surface area (Å²) in [5.74, 6) is 2.94. The van der Waals surface area contributed by atoms with Crippen molar-refractivity contribution in [3.05, 3.63) is 18.4 Å². The summed E-state index contributed by atoms with van der Waals surface area (Å²) < 4.78 is 0. The highest BCUT2D eigenvalue weighted by Crippen LogP contribution is 2.29. The second-order valence-corrected chi connectivity index (χ2v) is 4.71. The summed E-state index contributed by atoms with van der Waals surface area (Å²) in [5.41, 5.74) is 2.90. The van der Waals surface area contributed by atoms with E-state index in [9.17, 15) is 0 Å². The van der Waals surface area contributed by atoms with E-state index in [0.29, 0.717) is 5.92 Å². The zero-order valence-electron chi connectivity index (χ0n) is 10.5. The fraction of sp³-hybridized carbons (Fsp3) is 0.786. The van der Waals surface area contributed by atoms with E-state index in [0.717, 1.165) is 17.8 Å². The lowest BCUT2D eigenvalue weighted by molar-refractivity contribution is 0.227. The molecule has 0 fully saturated rings. The Kier molecular flexibility index (Phi) is 6.66. The van der Waals surface area contributed by atoms with Gasteiger partial charge in [0.2, 0.25) is 0 Å². The summed E-state index contributed by atoms with van der Waals surface area (Å²) in [6.45, 7) is 15.3. The van der Waals surface area contributed by atoms with Gasteiger partial charge in [-0.3, -0.25) is 0 Å². The molecular weight excluding hydrogens is 168 g/mol. The van der Waals surface area contributed by atoms with Crippen LogP contribution >= 0.6 is 0 Å². The molecule has 0 aliphatic rings. The minimum absolute atomic E-state index is 0.599. The van der Waals surface area contributed by atoms with E-state index in [1.165, 1.54) is 12.8 Å². The number of hydrogen-bond acceptors (Lipinski definition) is 0. The zero-order valence-corrected chi connectivity index (χ0v) is 10.5. The van der Waals surface area contributed by atoms with Crippen molar-refractivity contribution in [3.63, 3.8) is 0 Å². The molecule has 0 heteroatoms. The van der Waals surface area contributed by atoms with Crippen LogP contribution in [0.4, 0.5) is 0 Å². The van der Waals surface area contributed by atoms with Gasteiger partial charge in [0.05, 0.1) is 0 Å². The van der Waals surface area contributed by atoms with Crippen LogP contribution in [0.1, 0.15) is 47.5 Å². The van der Waals surface area contributed by atoms with Crippen molar-refractivity contribution in [2.24, 2.45) is 23.7 Å². The Morgan fingerprint density at radius 1 is 1.14 bits per heavy atom. The van der Waals surface area contributed by atoms with Crippen LogP contribution in [-0.4, -0.2) is 0 Å². The van der Waals surface area contributed by atoms with E-state index < -0.39 is 0 Å². The van der Waals surface area contributed by atoms with Gasteiger partial charge in [0.15, 0.2) is 0 Å². The third-order valence-electron chi connectivity index (χ3n) is 3.68. The maximum Gasteiger partial charge on any atom is -0.0158 e. The van der Waals surface area contributed by atoms with E-state index in [1.54, 1.807) is 0 Å². The SMILES string of the molecule is C=C=CC(C)C(C)C(C)C(C)CCC. The smallest absolute Gasteiger partial charge is 0.0158 e. The molecule has 0 amide bonds. The van der Waals surface area contributed by atoms with Crippen LogP contribution in [0.15, 0.2) is 18.4 Å². The average molecular weight is 194 g/mol. The molecular formula is C14H26. The maximum absolute atomic E-state index is 3.64. The van der Waals surface area contributed by atoms with Crippen molar-refractivity contribution < 1.29 is 0 Å². The lowest BCUT2D eigenvalue weighted by Crippen LogP contribution is -2.21. The first-order valence-corrected chi connectivity index (χ1v) is 5.90. The van der Waals surface area contributed by atoms with Gasteiger partial charge in [0, 0.05) is 0 Å². The van der Waals surface area contributed by atoms with Crippen molar-refractivity contribution in [1.82, 2.24) is 0 Å². The first kappa shape index (κ1) is 13.5. The quantitative estimate of drug-likeness (QED) is 0.539. The molecule has 0 aliphatic carbocycles. The molecule has 14 heavy (non-hydrogen) atoms. The van der Waals surface area contributed by atoms with Crippen molar-refractivity contribution >= 4 is 0 Å². The first-order chi connectivity index (χ1) is 6.54. The Bertz CT molecular complexity index is 186. The molecule has 0 radical (unpaired) electrons. The normalized spacial score (nSPS) is 19.2. The maximum atomic E-state index is 3.64. The summed E-state index contributed by atoms with van der Waals surface area (Å²) in [4.78, 5) is 0. The Balaban J connectivity index is 4.21. The summed E-state index contributed by atoms with van der Waals surface area (Å²) in [5, 5.41) is 0. The summed E-state index contributed by atoms with van der Waals surface area (Å²) in [7, 11) is 0. The molecule has 4 unspecified atom stereocenters. The molecule has 0 rings (SSSR count). The van der Waals surface area contributed by atoms with Crippen molar-refractivity contribution in [1.29, 1.82) is 0 Å². The van der Waals surface area contributed by atoms with Crippen LogP contribution in [0.5, 0.6) is 0 Å². The van der Waals surface area contributed by atoms with Gasteiger partial charge in [0.1, 0.15) is 0 Å². The zero-order chi connectivity index (χ0) is 11.1. The fourth-order valence-corrected chi connectivity index (χ4v) is 2.05. The molecule has 0 N–H and O–H groups in total. The number of hydrogen-bond donors (Lipinski definition) is 0. The minimum Gasteiger partial charge on any atom is -0.133 e. The molecule has 0 saturated heterocycles. The second-order valence-electron chi connectivity index (χ2n) is 4.71. The van der Waals surface area contributed by atoms with E-state index in [1.807, 2.05) is 0 Å². The van der Waals surface area contributed by atoms with Gasteiger partial charge in [-0.05, 0) is 29.7 Å². The molecule has 0 heterocycles. The standard InChI is InChI=1S/C14H26/c1-7-9-11(3)13(5)14(6)12(4)10-8-2/h9,11-14H,1,8,10H2,2-6H3. The van der Waals surface area contributed by atoms with Gasteiger partial charge < -0.3 is 0 Å². The monoisotopic (exact) mass is 194 g/mol. The number of rotatable bonds is 6. The molecule has 0 aromatic carbocycles. The highest BCUT2D eigenvalue weighted by molar-refractivity contribution is 4.87. The summed E-state index contributed by atoms with van der Waals surface area (Å²) in [6, 6.07) is 0. The van der Waals surface area contributed by atoms with Crippen LogP contribution in [-0.2, 0) is 0 Å². The van der Waals surface area contributed by atoms with Gasteiger partial charge in [-0.1, -0.05) is 54.0 Å². The molecule has 0 aliphatic heterocycles. The Labute approximate surface area is 90.1 Å². The second kappa shape index (κ2) is 6.90. The van der Waals surface area contributed by atoms with Gasteiger partial charge >= 0.3 is 0 Å². The average Bonchev–Trinajstić information content (AvgIpc) is 2.16. The third kappa shape index (κ3) is 4.15. The van der Waals surface area contributed by atoms with Crippen molar-refractivity contribution in [2.75, 3.05) is 0 Å². The molecule has 0 aromatic heterocycles. The largest absolute Gasteiger partial charge is 0.133 e. The molecule has 0 saturated carbocycles. The fourth-order valence-electron chi connectivity index (χ4n) is 2.05. The van der Waals surface area contributed by atoms with Crippen LogP contribution < -0.4 is 0 Å². The van der Waals surface area contributed by atoms with Crippen molar-refractivity contribution in [2.45, 2.75) is 47.5 Å². The molecule has 4 atom stereocenters. The highest BCUT2D eigenvalue weighted by atomic mass is 14.3. The minimum atomic E-state index is 0.599. The Morgan fingerprint density at radius 2 is 1.71 bits per heavy atom. The van der Waals surface area contributed by atoms with Crippen molar-refractivity contribution in [3.8, 4) is 0 Å². The first-order valence-electron chi connectivity index (χ1n) is 5.90. The molecule has 0 nitrogen and oxygen atoms in total. The van der Waals surface area contributed by atoms with Crippen LogP contribution in [0.3, 0.4) is 0 Å². The van der Waals surface area contributed by atoms with Gasteiger partial charge in [-0.25, -0.2) is 0 Å². The van der Waals surface area contributed by atoms with Crippen LogP contribution in [0.2, 0.25) is 0 Å². The van der Waals surface area contributed by atoms with Crippen LogP contribution in [0.25, 0.3) is 0 Å². The lowest BCUT2D eigenvalue weighted by atomic mass is 9.77. The van der Waals surface area contributed by atoms with Gasteiger partial charge in [-0.2, -0.15) is 0 Å². The molecule has 0 spiro atoms. The highest BCUT2D eigenvalue weighted by Gasteiger charge is 2.21. The third-order valence-corrected chi connectivity index (χ3v) is 3.68. The topological polar surface area (TPSA) is 0 Å². The number of allylic oxidation sites excluding steroid dienone is 1. The van der Waals surface area contributed by atoms with E-state index in [2.05, 4.69) is 53.0 Å². The predicted molar refractivity (Wildman–Crippen MR) is 65.3 cm³/mol. The molecule has 0 aromatic rings.